The molecule has 0 bridgehead atoms. The number of unbranched alkanes of at least 4 members (excludes halogenated alkanes) is 4. The van der Waals surface area contributed by atoms with E-state index in [-0.39, 0.29) is 18.4 Å². The van der Waals surface area contributed by atoms with Crippen LogP contribution in [-0.4, -0.2) is 45.7 Å². The molecule has 156 valence electrons. The standard InChI is InChI=1S/C22H38O5/c1-2-3-14-22(27,17-24)15-8-9-18-12-13-21(26)20(18)11-7-5-4-6-10-19(25)16-23/h8-9,17-20,23,25,27H,2-7,10-16H2,1H3/t18-,19?,20+,22?/m0/s1. The normalized spacial score (nSPS) is 23.6. The van der Waals surface area contributed by atoms with E-state index in [1.54, 1.807) is 0 Å². The molecule has 0 aromatic heterocycles. The van der Waals surface area contributed by atoms with E-state index in [4.69, 9.17) is 5.11 Å². The summed E-state index contributed by atoms with van der Waals surface area (Å²) in [5.41, 5.74) is -1.27. The maximum absolute atomic E-state index is 12.2. The topological polar surface area (TPSA) is 94.8 Å². The minimum atomic E-state index is -1.27. The third-order valence-electron chi connectivity index (χ3n) is 5.70. The zero-order valence-electron chi connectivity index (χ0n) is 16.8. The summed E-state index contributed by atoms with van der Waals surface area (Å²) in [6.45, 7) is 1.85. The van der Waals surface area contributed by atoms with Crippen LogP contribution in [0.1, 0.15) is 84.0 Å². The molecule has 0 aliphatic heterocycles. The number of aliphatic hydroxyl groups excluding tert-OH is 2. The molecule has 27 heavy (non-hydrogen) atoms. The van der Waals surface area contributed by atoms with E-state index in [0.717, 1.165) is 51.4 Å². The van der Waals surface area contributed by atoms with E-state index < -0.39 is 11.7 Å². The molecule has 0 heterocycles. The van der Waals surface area contributed by atoms with E-state index in [1.165, 1.54) is 0 Å². The van der Waals surface area contributed by atoms with Crippen molar-refractivity contribution in [1.82, 2.24) is 0 Å². The molecule has 2 unspecified atom stereocenters. The Morgan fingerprint density at radius 2 is 1.96 bits per heavy atom. The molecular weight excluding hydrogens is 344 g/mol. The van der Waals surface area contributed by atoms with Gasteiger partial charge >= 0.3 is 0 Å². The summed E-state index contributed by atoms with van der Waals surface area (Å²) in [6, 6.07) is 0. The Bertz CT molecular complexity index is 462. The van der Waals surface area contributed by atoms with E-state index in [0.29, 0.717) is 37.8 Å². The van der Waals surface area contributed by atoms with E-state index in [1.807, 2.05) is 19.1 Å². The van der Waals surface area contributed by atoms with Crippen molar-refractivity contribution in [2.75, 3.05) is 6.61 Å². The fraction of sp³-hybridized carbons (Fsp3) is 0.818. The molecule has 1 rings (SSSR count). The van der Waals surface area contributed by atoms with Gasteiger partial charge in [0.25, 0.3) is 0 Å². The third kappa shape index (κ3) is 9.13. The van der Waals surface area contributed by atoms with Gasteiger partial charge in [-0.3, -0.25) is 4.79 Å². The van der Waals surface area contributed by atoms with Crippen molar-refractivity contribution in [2.24, 2.45) is 11.8 Å². The van der Waals surface area contributed by atoms with Crippen molar-refractivity contribution in [3.8, 4) is 0 Å². The van der Waals surface area contributed by atoms with Gasteiger partial charge in [0, 0.05) is 18.8 Å². The Hall–Kier alpha value is -1.04. The van der Waals surface area contributed by atoms with E-state index in [9.17, 15) is 19.8 Å². The summed E-state index contributed by atoms with van der Waals surface area (Å²) in [5.74, 6) is 0.608. The second-order valence-corrected chi connectivity index (χ2v) is 8.06. The molecule has 0 spiro atoms. The van der Waals surface area contributed by atoms with Crippen LogP contribution < -0.4 is 0 Å². The van der Waals surface area contributed by atoms with Gasteiger partial charge in [0.05, 0.1) is 12.7 Å². The fourth-order valence-electron chi connectivity index (χ4n) is 3.87. The molecule has 0 aromatic rings. The average molecular weight is 383 g/mol. The molecule has 0 radical (unpaired) electrons. The summed E-state index contributed by atoms with van der Waals surface area (Å²) in [4.78, 5) is 23.4. The van der Waals surface area contributed by atoms with Gasteiger partial charge in [0.15, 0.2) is 6.29 Å². The first kappa shape index (κ1) is 24.0. The summed E-state index contributed by atoms with van der Waals surface area (Å²) >= 11 is 0. The van der Waals surface area contributed by atoms with Crippen molar-refractivity contribution < 1.29 is 24.9 Å². The van der Waals surface area contributed by atoms with Crippen molar-refractivity contribution in [2.45, 2.75) is 95.7 Å². The lowest BCUT2D eigenvalue weighted by atomic mass is 9.88. The Balaban J connectivity index is 2.37. The SMILES string of the molecule is CCCCC(O)(C=O)CC=C[C@H]1CCC(=O)[C@@H]1CCCCCCC(O)CO. The van der Waals surface area contributed by atoms with Crippen molar-refractivity contribution in [3.63, 3.8) is 0 Å². The molecule has 0 aromatic carbocycles. The van der Waals surface area contributed by atoms with Crippen molar-refractivity contribution in [1.29, 1.82) is 0 Å². The maximum Gasteiger partial charge on any atom is 0.151 e. The molecule has 0 amide bonds. The van der Waals surface area contributed by atoms with Gasteiger partial charge in [-0.25, -0.2) is 0 Å². The first-order chi connectivity index (χ1) is 13.0. The predicted molar refractivity (Wildman–Crippen MR) is 106 cm³/mol. The number of carbonyl (C=O) groups excluding carboxylic acids is 2. The monoisotopic (exact) mass is 382 g/mol. The maximum atomic E-state index is 12.2. The van der Waals surface area contributed by atoms with Gasteiger partial charge in [-0.2, -0.15) is 0 Å². The molecule has 4 atom stereocenters. The van der Waals surface area contributed by atoms with Gasteiger partial charge in [-0.05, 0) is 31.6 Å². The zero-order chi connectivity index (χ0) is 20.1. The molecule has 1 fully saturated rings. The Morgan fingerprint density at radius 1 is 1.22 bits per heavy atom. The van der Waals surface area contributed by atoms with Crippen molar-refractivity contribution >= 4 is 12.1 Å². The minimum Gasteiger partial charge on any atom is -0.394 e. The van der Waals surface area contributed by atoms with Crippen LogP contribution in [0.5, 0.6) is 0 Å². The molecule has 0 saturated heterocycles. The number of aldehydes is 1. The highest BCUT2D eigenvalue weighted by Crippen LogP contribution is 2.34. The van der Waals surface area contributed by atoms with Crippen molar-refractivity contribution in [3.05, 3.63) is 12.2 Å². The average Bonchev–Trinajstić information content (AvgIpc) is 3.02. The molecule has 1 saturated carbocycles. The highest BCUT2D eigenvalue weighted by molar-refractivity contribution is 5.83. The number of hydrogen-bond acceptors (Lipinski definition) is 5. The first-order valence-corrected chi connectivity index (χ1v) is 10.6. The molecule has 3 N–H and O–H groups in total. The van der Waals surface area contributed by atoms with E-state index in [2.05, 4.69) is 0 Å². The summed E-state index contributed by atoms with van der Waals surface area (Å²) in [6.07, 6.45) is 13.4. The number of rotatable bonds is 15. The Labute approximate surface area is 163 Å². The highest BCUT2D eigenvalue weighted by atomic mass is 16.3. The number of Topliss-reactive ketones (excluding diaryl/α,β-unsaturated/α-hetero) is 1. The van der Waals surface area contributed by atoms with Crippen LogP contribution in [0.4, 0.5) is 0 Å². The Kier molecular flexibility index (Phi) is 11.7. The van der Waals surface area contributed by atoms with Crippen LogP contribution in [0.25, 0.3) is 0 Å². The van der Waals surface area contributed by atoms with Gasteiger partial charge < -0.3 is 20.1 Å². The molecule has 1 aliphatic rings. The number of aliphatic hydroxyl groups is 3. The van der Waals surface area contributed by atoms with Crippen LogP contribution in [-0.2, 0) is 9.59 Å². The third-order valence-corrected chi connectivity index (χ3v) is 5.70. The number of hydrogen-bond donors (Lipinski definition) is 3. The molecule has 5 nitrogen and oxygen atoms in total. The second-order valence-electron chi connectivity index (χ2n) is 8.06. The number of carbonyl (C=O) groups is 2. The molecule has 5 heteroatoms. The summed E-state index contributed by atoms with van der Waals surface area (Å²) < 4.78 is 0. The van der Waals surface area contributed by atoms with Crippen LogP contribution in [0.3, 0.4) is 0 Å². The highest BCUT2D eigenvalue weighted by Gasteiger charge is 2.32. The predicted octanol–water partition coefficient (Wildman–Crippen LogP) is 3.34. The molecule has 1 aliphatic carbocycles. The lowest BCUT2D eigenvalue weighted by Crippen LogP contribution is -2.29. The lowest BCUT2D eigenvalue weighted by molar-refractivity contribution is -0.124. The summed E-state index contributed by atoms with van der Waals surface area (Å²) in [5, 5.41) is 28.4. The van der Waals surface area contributed by atoms with Gasteiger partial charge in [0.1, 0.15) is 11.4 Å². The lowest BCUT2D eigenvalue weighted by Gasteiger charge is -2.20. The van der Waals surface area contributed by atoms with Crippen LogP contribution in [0, 0.1) is 11.8 Å². The number of ketones is 1. The van der Waals surface area contributed by atoms with Gasteiger partial charge in [-0.15, -0.1) is 0 Å². The second kappa shape index (κ2) is 13.2. The number of allylic oxidation sites excluding steroid dienone is 1. The van der Waals surface area contributed by atoms with Crippen LogP contribution in [0.2, 0.25) is 0 Å². The first-order valence-electron chi connectivity index (χ1n) is 10.6. The Morgan fingerprint density at radius 3 is 2.63 bits per heavy atom. The van der Waals surface area contributed by atoms with Gasteiger partial charge in [0.2, 0.25) is 0 Å². The van der Waals surface area contributed by atoms with Crippen LogP contribution >= 0.6 is 0 Å². The quantitative estimate of drug-likeness (QED) is 0.229. The smallest absolute Gasteiger partial charge is 0.151 e. The summed E-state index contributed by atoms with van der Waals surface area (Å²) in [7, 11) is 0. The fourth-order valence-corrected chi connectivity index (χ4v) is 3.87. The van der Waals surface area contributed by atoms with Gasteiger partial charge in [-0.1, -0.05) is 57.6 Å². The zero-order valence-corrected chi connectivity index (χ0v) is 16.8. The van der Waals surface area contributed by atoms with Crippen LogP contribution in [0.15, 0.2) is 12.2 Å². The largest absolute Gasteiger partial charge is 0.394 e. The minimum absolute atomic E-state index is 0.0595. The van der Waals surface area contributed by atoms with E-state index >= 15 is 0 Å². The molecular formula is C22H38O5.